The Morgan fingerprint density at radius 2 is 1.83 bits per heavy atom. The van der Waals surface area contributed by atoms with E-state index in [1.54, 1.807) is 36.5 Å². The molecule has 5 nitrogen and oxygen atoms in total. The summed E-state index contributed by atoms with van der Waals surface area (Å²) < 4.78 is 5.32. The van der Waals surface area contributed by atoms with Crippen LogP contribution in [-0.4, -0.2) is 23.5 Å². The molecule has 0 aliphatic rings. The van der Waals surface area contributed by atoms with Crippen LogP contribution in [0.5, 0.6) is 0 Å². The van der Waals surface area contributed by atoms with Crippen molar-refractivity contribution in [3.8, 4) is 21.7 Å². The van der Waals surface area contributed by atoms with Gasteiger partial charge in [-0.1, -0.05) is 48.0 Å². The monoisotopic (exact) mass is 518 g/mol. The smallest absolute Gasteiger partial charge is 0.341 e. The number of amides is 1. The summed E-state index contributed by atoms with van der Waals surface area (Å²) in [6, 6.07) is 20.4. The lowest BCUT2D eigenvalue weighted by Gasteiger charge is -2.11. The molecule has 0 aliphatic carbocycles. The third kappa shape index (κ3) is 4.71. The number of para-hydroxylation sites is 1. The van der Waals surface area contributed by atoms with Gasteiger partial charge in [0, 0.05) is 21.4 Å². The first-order valence-corrected chi connectivity index (χ1v) is 13.0. The molecule has 0 spiro atoms. The lowest BCUT2D eigenvalue weighted by Crippen LogP contribution is -2.15. The maximum absolute atomic E-state index is 13.6. The molecule has 174 valence electrons. The molecule has 5 rings (SSSR count). The fraction of sp³-hybridized carbons (Fsp3) is 0.0741. The Bertz CT molecular complexity index is 1530. The van der Waals surface area contributed by atoms with E-state index >= 15 is 0 Å². The van der Waals surface area contributed by atoms with Crippen molar-refractivity contribution in [2.75, 3.05) is 11.9 Å². The number of carbonyl (C=O) groups excluding carboxylic acids is 2. The van der Waals surface area contributed by atoms with Crippen LogP contribution in [0.2, 0.25) is 5.02 Å². The van der Waals surface area contributed by atoms with Crippen molar-refractivity contribution in [2.24, 2.45) is 0 Å². The normalized spacial score (nSPS) is 10.9. The highest BCUT2D eigenvalue weighted by Crippen LogP contribution is 2.37. The molecule has 5 aromatic rings. The number of pyridine rings is 1. The fourth-order valence-electron chi connectivity index (χ4n) is 3.78. The van der Waals surface area contributed by atoms with Crippen LogP contribution in [0.25, 0.3) is 32.6 Å². The van der Waals surface area contributed by atoms with Gasteiger partial charge in [-0.3, -0.25) is 4.79 Å². The number of anilines is 1. The zero-order valence-corrected chi connectivity index (χ0v) is 21.0. The molecule has 35 heavy (non-hydrogen) atoms. The van der Waals surface area contributed by atoms with E-state index in [1.165, 1.54) is 11.3 Å². The van der Waals surface area contributed by atoms with Crippen molar-refractivity contribution in [1.29, 1.82) is 0 Å². The molecule has 8 heteroatoms. The third-order valence-corrected chi connectivity index (χ3v) is 7.43. The van der Waals surface area contributed by atoms with Crippen LogP contribution in [-0.2, 0) is 4.74 Å². The summed E-state index contributed by atoms with van der Waals surface area (Å²) >= 11 is 8.88. The number of hydrogen-bond donors (Lipinski definition) is 1. The Kier molecular flexibility index (Phi) is 6.63. The molecule has 0 fully saturated rings. The zero-order chi connectivity index (χ0) is 24.4. The number of aromatic nitrogens is 1. The van der Waals surface area contributed by atoms with Crippen molar-refractivity contribution in [3.63, 3.8) is 0 Å². The molecular weight excluding hydrogens is 500 g/mol. The van der Waals surface area contributed by atoms with Crippen LogP contribution in [0.1, 0.15) is 27.6 Å². The number of halogens is 1. The quantitative estimate of drug-likeness (QED) is 0.233. The molecule has 0 unspecified atom stereocenters. The van der Waals surface area contributed by atoms with Crippen LogP contribution in [0.3, 0.4) is 0 Å². The Hall–Kier alpha value is -3.52. The van der Waals surface area contributed by atoms with Crippen LogP contribution in [0, 0.1) is 0 Å². The third-order valence-electron chi connectivity index (χ3n) is 5.39. The Balaban J connectivity index is 1.57. The second-order valence-corrected chi connectivity index (χ2v) is 9.85. The average Bonchev–Trinajstić information content (AvgIpc) is 3.55. The first kappa shape index (κ1) is 23.2. The number of benzene rings is 2. The van der Waals surface area contributed by atoms with E-state index in [-0.39, 0.29) is 12.5 Å². The molecule has 1 amide bonds. The number of rotatable bonds is 6. The first-order chi connectivity index (χ1) is 17.0. The molecule has 0 radical (unpaired) electrons. The second kappa shape index (κ2) is 10.00. The number of nitrogens with zero attached hydrogens (tertiary/aromatic N) is 1. The molecule has 0 saturated heterocycles. The molecule has 0 atom stereocenters. The summed E-state index contributed by atoms with van der Waals surface area (Å²) in [6.07, 6.45) is 0. The lowest BCUT2D eigenvalue weighted by molar-refractivity contribution is 0.0529. The van der Waals surface area contributed by atoms with Gasteiger partial charge in [0.15, 0.2) is 0 Å². The van der Waals surface area contributed by atoms with Gasteiger partial charge in [0.05, 0.1) is 28.3 Å². The maximum atomic E-state index is 13.6. The van der Waals surface area contributed by atoms with E-state index in [1.807, 2.05) is 59.3 Å². The Morgan fingerprint density at radius 1 is 1.03 bits per heavy atom. The first-order valence-electron chi connectivity index (χ1n) is 10.8. The van der Waals surface area contributed by atoms with E-state index in [0.717, 1.165) is 27.0 Å². The van der Waals surface area contributed by atoms with Crippen molar-refractivity contribution in [1.82, 2.24) is 4.98 Å². The van der Waals surface area contributed by atoms with E-state index in [9.17, 15) is 9.59 Å². The second-order valence-electron chi connectivity index (χ2n) is 7.58. The molecule has 0 bridgehead atoms. The standard InChI is InChI=1S/C27H19ClN2O3S2/c1-2-33-27(32)24-20(16-9-11-17(28)12-10-16)15-35-26(24)30-25(31)19-14-22(23-8-5-13-34-23)29-21-7-4-3-6-18(19)21/h3-15H,2H2,1H3,(H,30,31). The topological polar surface area (TPSA) is 68.3 Å². The van der Waals surface area contributed by atoms with Crippen LogP contribution < -0.4 is 5.32 Å². The lowest BCUT2D eigenvalue weighted by atomic mass is 10.0. The van der Waals surface area contributed by atoms with E-state index in [2.05, 4.69) is 5.32 Å². The number of carbonyl (C=O) groups is 2. The van der Waals surface area contributed by atoms with Crippen LogP contribution in [0.4, 0.5) is 5.00 Å². The van der Waals surface area contributed by atoms with E-state index in [0.29, 0.717) is 26.7 Å². The van der Waals surface area contributed by atoms with Crippen molar-refractivity contribution in [2.45, 2.75) is 6.92 Å². The van der Waals surface area contributed by atoms with Crippen molar-refractivity contribution < 1.29 is 14.3 Å². The average molecular weight is 519 g/mol. The van der Waals surface area contributed by atoms with Crippen LogP contribution >= 0.6 is 34.3 Å². The van der Waals surface area contributed by atoms with Gasteiger partial charge in [-0.2, -0.15) is 0 Å². The van der Waals surface area contributed by atoms with Gasteiger partial charge in [0.2, 0.25) is 0 Å². The van der Waals surface area contributed by atoms with Gasteiger partial charge in [0.1, 0.15) is 10.6 Å². The number of esters is 1. The number of nitrogens with one attached hydrogen (secondary N) is 1. The summed E-state index contributed by atoms with van der Waals surface area (Å²) in [5.74, 6) is -0.815. The Morgan fingerprint density at radius 3 is 2.57 bits per heavy atom. The molecule has 0 saturated carbocycles. The minimum Gasteiger partial charge on any atom is -0.462 e. The summed E-state index contributed by atoms with van der Waals surface area (Å²) in [4.78, 5) is 32.2. The molecule has 3 aromatic heterocycles. The fourth-order valence-corrected chi connectivity index (χ4v) is 5.55. The van der Waals surface area contributed by atoms with Gasteiger partial charge in [0.25, 0.3) is 5.91 Å². The summed E-state index contributed by atoms with van der Waals surface area (Å²) in [7, 11) is 0. The minimum absolute atomic E-state index is 0.224. The zero-order valence-electron chi connectivity index (χ0n) is 18.6. The van der Waals surface area contributed by atoms with Crippen LogP contribution in [0.15, 0.2) is 77.5 Å². The molecule has 2 aromatic carbocycles. The minimum atomic E-state index is -0.493. The summed E-state index contributed by atoms with van der Waals surface area (Å²) in [5.41, 5.74) is 3.74. The summed E-state index contributed by atoms with van der Waals surface area (Å²) in [5, 5.41) is 8.53. The SMILES string of the molecule is CCOC(=O)c1c(-c2ccc(Cl)cc2)csc1NC(=O)c1cc(-c2cccs2)nc2ccccc12. The van der Waals surface area contributed by atoms with Gasteiger partial charge < -0.3 is 10.1 Å². The van der Waals surface area contributed by atoms with Crippen molar-refractivity contribution in [3.05, 3.63) is 93.6 Å². The van der Waals surface area contributed by atoms with Gasteiger partial charge in [-0.05, 0) is 48.2 Å². The molecule has 3 heterocycles. The van der Waals surface area contributed by atoms with E-state index < -0.39 is 5.97 Å². The maximum Gasteiger partial charge on any atom is 0.341 e. The largest absolute Gasteiger partial charge is 0.462 e. The van der Waals surface area contributed by atoms with Crippen molar-refractivity contribution >= 4 is 62.1 Å². The molecule has 1 N–H and O–H groups in total. The molecule has 0 aliphatic heterocycles. The number of hydrogen-bond acceptors (Lipinski definition) is 6. The highest BCUT2D eigenvalue weighted by atomic mass is 35.5. The highest BCUT2D eigenvalue weighted by Gasteiger charge is 2.24. The van der Waals surface area contributed by atoms with Gasteiger partial charge in [-0.25, -0.2) is 9.78 Å². The summed E-state index contributed by atoms with van der Waals surface area (Å²) in [6.45, 7) is 1.97. The van der Waals surface area contributed by atoms with E-state index in [4.69, 9.17) is 21.3 Å². The predicted octanol–water partition coefficient (Wildman–Crippen LogP) is 7.77. The molecular formula is C27H19ClN2O3S2. The Labute approximate surface area is 215 Å². The highest BCUT2D eigenvalue weighted by molar-refractivity contribution is 7.15. The number of ether oxygens (including phenoxy) is 1. The van der Waals surface area contributed by atoms with Gasteiger partial charge in [-0.15, -0.1) is 22.7 Å². The predicted molar refractivity (Wildman–Crippen MR) is 144 cm³/mol. The number of fused-ring (bicyclic) bond motifs is 1. The van der Waals surface area contributed by atoms with Gasteiger partial charge >= 0.3 is 5.97 Å². The number of thiophene rings is 2.